The molecule has 0 saturated carbocycles. The summed E-state index contributed by atoms with van der Waals surface area (Å²) in [6.07, 6.45) is 12.9. The van der Waals surface area contributed by atoms with Crippen LogP contribution in [0.25, 0.3) is 0 Å². The number of carboxylic acid groups (broad SMARTS) is 1. The van der Waals surface area contributed by atoms with Gasteiger partial charge in [0.1, 0.15) is 0 Å². The largest absolute Gasteiger partial charge is 1.00 e. The second-order valence-electron chi connectivity index (χ2n) is 6.41. The van der Waals surface area contributed by atoms with Crippen LogP contribution in [0.5, 0.6) is 0 Å². The van der Waals surface area contributed by atoms with Crippen LogP contribution < -0.4 is 34.7 Å². The average molecular weight is 373 g/mol. The summed E-state index contributed by atoms with van der Waals surface area (Å²) in [5.74, 6) is -2.10. The van der Waals surface area contributed by atoms with Crippen LogP contribution in [-0.4, -0.2) is 24.7 Å². The first kappa shape index (κ1) is 26.6. The van der Waals surface area contributed by atoms with Gasteiger partial charge in [-0.15, -0.1) is 0 Å². The summed E-state index contributed by atoms with van der Waals surface area (Å²) in [6.45, 7) is 2.21. The molecule has 1 N–H and O–H groups in total. The molecule has 0 aromatic carbocycles. The van der Waals surface area contributed by atoms with Crippen LogP contribution in [0.4, 0.5) is 0 Å². The van der Waals surface area contributed by atoms with E-state index in [2.05, 4.69) is 6.92 Å². The molecule has 0 aliphatic heterocycles. The van der Waals surface area contributed by atoms with E-state index in [0.717, 1.165) is 19.3 Å². The number of hydrogen-bond donors (Lipinski definition) is 1. The van der Waals surface area contributed by atoms with Gasteiger partial charge < -0.3 is 9.90 Å². The molecule has 24 heavy (non-hydrogen) atoms. The minimum atomic E-state index is -4.00. The standard InChI is InChI=1S/C17H34O5S.Na/c1-2-3-4-5-6-7-8-9-10-11-13-16(17(18)19)14-12-15-23(20,21)22;/h16H,2-15H2,1H3,(H,18,19)(H,20,21,22);/q;+1/p-1. The van der Waals surface area contributed by atoms with Gasteiger partial charge >= 0.3 is 29.6 Å². The van der Waals surface area contributed by atoms with Crippen molar-refractivity contribution >= 4 is 16.1 Å². The number of rotatable bonds is 16. The van der Waals surface area contributed by atoms with Crippen molar-refractivity contribution in [1.29, 1.82) is 0 Å². The molecule has 0 spiro atoms. The Kier molecular flexibility index (Phi) is 18.7. The number of unbranched alkanes of at least 4 members (excludes halogenated alkanes) is 9. The molecule has 7 heteroatoms. The Balaban J connectivity index is 0. The predicted octanol–water partition coefficient (Wildman–Crippen LogP) is 0.336. The van der Waals surface area contributed by atoms with Gasteiger partial charge in [0.15, 0.2) is 0 Å². The zero-order valence-electron chi connectivity index (χ0n) is 15.5. The fourth-order valence-corrected chi connectivity index (χ4v) is 3.30. The Hall–Kier alpha value is 0.380. The van der Waals surface area contributed by atoms with E-state index < -0.39 is 22.0 Å². The zero-order valence-corrected chi connectivity index (χ0v) is 18.3. The van der Waals surface area contributed by atoms with Gasteiger partial charge in [-0.05, 0) is 25.2 Å². The van der Waals surface area contributed by atoms with Crippen molar-refractivity contribution < 1.29 is 52.4 Å². The maximum absolute atomic E-state index is 11.0. The van der Waals surface area contributed by atoms with Gasteiger partial charge in [-0.2, -0.15) is 8.42 Å². The van der Waals surface area contributed by atoms with Crippen LogP contribution in [0.2, 0.25) is 0 Å². The van der Waals surface area contributed by atoms with Gasteiger partial charge in [-0.1, -0.05) is 71.1 Å². The minimum absolute atomic E-state index is 0. The third kappa shape index (κ3) is 18.7. The van der Waals surface area contributed by atoms with Gasteiger partial charge in [0, 0.05) is 5.97 Å². The van der Waals surface area contributed by atoms with Crippen LogP contribution in [0.1, 0.15) is 90.4 Å². The Labute approximate surface area is 170 Å². The number of carbonyl (C=O) groups is 1. The molecule has 0 aromatic heterocycles. The molecule has 0 heterocycles. The molecule has 5 nitrogen and oxygen atoms in total. The van der Waals surface area contributed by atoms with Crippen LogP contribution in [0.15, 0.2) is 0 Å². The smallest absolute Gasteiger partial charge is 0.550 e. The van der Waals surface area contributed by atoms with Crippen molar-refractivity contribution in [3.63, 3.8) is 0 Å². The third-order valence-electron chi connectivity index (χ3n) is 4.19. The summed E-state index contributed by atoms with van der Waals surface area (Å²) < 4.78 is 29.9. The summed E-state index contributed by atoms with van der Waals surface area (Å²) in [5, 5.41) is 11.0. The molecule has 1 unspecified atom stereocenters. The Morgan fingerprint density at radius 1 is 0.875 bits per heavy atom. The van der Waals surface area contributed by atoms with E-state index in [1.165, 1.54) is 44.9 Å². The molecular weight excluding hydrogens is 339 g/mol. The zero-order chi connectivity index (χ0) is 17.6. The molecule has 0 saturated heterocycles. The summed E-state index contributed by atoms with van der Waals surface area (Å²) in [5.41, 5.74) is 0. The molecule has 0 aliphatic carbocycles. The van der Waals surface area contributed by atoms with Crippen LogP contribution in [0.3, 0.4) is 0 Å². The SMILES string of the molecule is CCCCCCCCCCCCC(CCCS(=O)(=O)O)C(=O)[O-].[Na+]. The number of aliphatic carboxylic acids is 1. The van der Waals surface area contributed by atoms with Crippen molar-refractivity contribution in [2.45, 2.75) is 90.4 Å². The first-order chi connectivity index (χ1) is 10.9. The Morgan fingerprint density at radius 2 is 1.29 bits per heavy atom. The molecule has 0 amide bonds. The van der Waals surface area contributed by atoms with Crippen LogP contribution in [0, 0.1) is 5.92 Å². The predicted molar refractivity (Wildman–Crippen MR) is 90.6 cm³/mol. The monoisotopic (exact) mass is 372 g/mol. The molecule has 0 fully saturated rings. The van der Waals surface area contributed by atoms with E-state index >= 15 is 0 Å². The summed E-state index contributed by atoms with van der Waals surface area (Å²) in [7, 11) is -4.00. The van der Waals surface area contributed by atoms with Gasteiger partial charge in [-0.3, -0.25) is 4.55 Å². The minimum Gasteiger partial charge on any atom is -0.550 e. The van der Waals surface area contributed by atoms with E-state index in [9.17, 15) is 18.3 Å². The molecule has 0 radical (unpaired) electrons. The van der Waals surface area contributed by atoms with Crippen molar-refractivity contribution in [3.05, 3.63) is 0 Å². The van der Waals surface area contributed by atoms with E-state index in [4.69, 9.17) is 4.55 Å². The molecule has 0 bridgehead atoms. The van der Waals surface area contributed by atoms with Crippen molar-refractivity contribution in [3.8, 4) is 0 Å². The van der Waals surface area contributed by atoms with Crippen molar-refractivity contribution in [2.24, 2.45) is 5.92 Å². The quantitative estimate of drug-likeness (QED) is 0.239. The maximum Gasteiger partial charge on any atom is 1.00 e. The molecular formula is C17H33NaO5S. The van der Waals surface area contributed by atoms with E-state index in [0.29, 0.717) is 6.42 Å². The van der Waals surface area contributed by atoms with Crippen molar-refractivity contribution in [2.75, 3.05) is 5.75 Å². The summed E-state index contributed by atoms with van der Waals surface area (Å²) >= 11 is 0. The van der Waals surface area contributed by atoms with Gasteiger partial charge in [-0.25, -0.2) is 0 Å². The number of carboxylic acids is 1. The van der Waals surface area contributed by atoms with E-state index in [1.807, 2.05) is 0 Å². The number of carbonyl (C=O) groups excluding carboxylic acids is 1. The van der Waals surface area contributed by atoms with Gasteiger partial charge in [0.2, 0.25) is 0 Å². The Bertz CT molecular complexity index is 398. The number of hydrogen-bond acceptors (Lipinski definition) is 4. The molecule has 1 atom stereocenters. The molecule has 138 valence electrons. The van der Waals surface area contributed by atoms with E-state index in [1.54, 1.807) is 0 Å². The first-order valence-corrected chi connectivity index (χ1v) is 10.6. The molecule has 0 rings (SSSR count). The summed E-state index contributed by atoms with van der Waals surface area (Å²) in [4.78, 5) is 11.0. The maximum atomic E-state index is 11.0. The third-order valence-corrected chi connectivity index (χ3v) is 5.00. The topological polar surface area (TPSA) is 94.5 Å². The van der Waals surface area contributed by atoms with Gasteiger partial charge in [0.25, 0.3) is 10.1 Å². The summed E-state index contributed by atoms with van der Waals surface area (Å²) in [6, 6.07) is 0. The van der Waals surface area contributed by atoms with Crippen LogP contribution in [-0.2, 0) is 14.9 Å². The van der Waals surface area contributed by atoms with E-state index in [-0.39, 0.29) is 48.2 Å². The molecule has 0 aromatic rings. The van der Waals surface area contributed by atoms with Gasteiger partial charge in [0.05, 0.1) is 5.75 Å². The Morgan fingerprint density at radius 3 is 1.71 bits per heavy atom. The fourth-order valence-electron chi connectivity index (χ4n) is 2.77. The first-order valence-electron chi connectivity index (χ1n) is 9.03. The fraction of sp³-hybridized carbons (Fsp3) is 0.941. The second-order valence-corrected chi connectivity index (χ2v) is 7.99. The van der Waals surface area contributed by atoms with Crippen molar-refractivity contribution in [1.82, 2.24) is 0 Å². The normalized spacial score (nSPS) is 12.6. The molecule has 0 aliphatic rings. The average Bonchev–Trinajstić information content (AvgIpc) is 2.45. The second kappa shape index (κ2) is 16.8. The van der Waals surface area contributed by atoms with Crippen LogP contribution >= 0.6 is 0 Å².